The molecule has 1 N–H and O–H groups in total. The number of aryl methyl sites for hydroxylation is 2. The van der Waals surface area contributed by atoms with Gasteiger partial charge in [0.05, 0.1) is 19.0 Å². The highest BCUT2D eigenvalue weighted by Gasteiger charge is 2.04. The van der Waals surface area contributed by atoms with E-state index in [1.54, 1.807) is 13.3 Å². The minimum Gasteiger partial charge on any atom is -0.493 e. The number of hydrogen-bond acceptors (Lipinski definition) is 4. The molecule has 5 nitrogen and oxygen atoms in total. The van der Waals surface area contributed by atoms with Gasteiger partial charge in [-0.25, -0.2) is 4.98 Å². The van der Waals surface area contributed by atoms with Crippen molar-refractivity contribution in [1.82, 2.24) is 14.5 Å². The van der Waals surface area contributed by atoms with Gasteiger partial charge in [0, 0.05) is 38.1 Å². The number of imidazole rings is 1. The van der Waals surface area contributed by atoms with Crippen molar-refractivity contribution in [2.45, 2.75) is 13.3 Å². The second kappa shape index (κ2) is 5.53. The SMILES string of the molecule is COc1cnc(C)cc1NCCc1nccn1C. The molecule has 2 heterocycles. The first-order valence-electron chi connectivity index (χ1n) is 5.91. The average Bonchev–Trinajstić information content (AvgIpc) is 2.76. The van der Waals surface area contributed by atoms with Crippen LogP contribution in [0.4, 0.5) is 5.69 Å². The maximum Gasteiger partial charge on any atom is 0.160 e. The van der Waals surface area contributed by atoms with E-state index >= 15 is 0 Å². The van der Waals surface area contributed by atoms with Gasteiger partial charge in [-0.1, -0.05) is 0 Å². The predicted octanol–water partition coefficient (Wildman–Crippen LogP) is 1.79. The zero-order chi connectivity index (χ0) is 13.0. The highest BCUT2D eigenvalue weighted by Crippen LogP contribution is 2.23. The summed E-state index contributed by atoms with van der Waals surface area (Å²) < 4.78 is 7.29. The summed E-state index contributed by atoms with van der Waals surface area (Å²) in [6, 6.07) is 1.98. The van der Waals surface area contributed by atoms with Crippen LogP contribution in [0.15, 0.2) is 24.7 Å². The van der Waals surface area contributed by atoms with Gasteiger partial charge in [0.25, 0.3) is 0 Å². The number of anilines is 1. The molecule has 2 rings (SSSR count). The van der Waals surface area contributed by atoms with Crippen molar-refractivity contribution in [3.05, 3.63) is 36.2 Å². The lowest BCUT2D eigenvalue weighted by molar-refractivity contribution is 0.414. The Hall–Kier alpha value is -2.04. The second-order valence-electron chi connectivity index (χ2n) is 4.16. The minimum absolute atomic E-state index is 0.764. The molecule has 5 heteroatoms. The molecule has 0 unspecified atom stereocenters. The molecule has 0 aliphatic heterocycles. The monoisotopic (exact) mass is 246 g/mol. The molecule has 0 saturated carbocycles. The number of ether oxygens (including phenoxy) is 1. The maximum absolute atomic E-state index is 5.27. The van der Waals surface area contributed by atoms with Crippen LogP contribution in [0.3, 0.4) is 0 Å². The Bertz CT molecular complexity index is 521. The Morgan fingerprint density at radius 1 is 1.39 bits per heavy atom. The molecule has 0 spiro atoms. The van der Waals surface area contributed by atoms with Gasteiger partial charge < -0.3 is 14.6 Å². The van der Waals surface area contributed by atoms with Crippen LogP contribution in [0.5, 0.6) is 5.75 Å². The molecule has 0 radical (unpaired) electrons. The largest absolute Gasteiger partial charge is 0.493 e. The van der Waals surface area contributed by atoms with Crippen molar-refractivity contribution < 1.29 is 4.74 Å². The summed E-state index contributed by atoms with van der Waals surface area (Å²) in [6.07, 6.45) is 6.37. The summed E-state index contributed by atoms with van der Waals surface area (Å²) in [7, 11) is 3.65. The second-order valence-corrected chi connectivity index (χ2v) is 4.16. The van der Waals surface area contributed by atoms with Crippen LogP contribution >= 0.6 is 0 Å². The van der Waals surface area contributed by atoms with Crippen LogP contribution in [-0.4, -0.2) is 28.2 Å². The number of aromatic nitrogens is 3. The van der Waals surface area contributed by atoms with E-state index in [1.807, 2.05) is 37.0 Å². The van der Waals surface area contributed by atoms with Crippen molar-refractivity contribution >= 4 is 5.69 Å². The molecule has 0 saturated heterocycles. The Morgan fingerprint density at radius 2 is 2.22 bits per heavy atom. The van der Waals surface area contributed by atoms with Crippen LogP contribution in [0, 0.1) is 6.92 Å². The normalized spacial score (nSPS) is 10.4. The van der Waals surface area contributed by atoms with E-state index in [4.69, 9.17) is 4.74 Å². The first-order valence-corrected chi connectivity index (χ1v) is 5.91. The van der Waals surface area contributed by atoms with Crippen molar-refractivity contribution in [2.75, 3.05) is 19.0 Å². The molecule has 96 valence electrons. The van der Waals surface area contributed by atoms with Crippen molar-refractivity contribution in [2.24, 2.45) is 7.05 Å². The molecular weight excluding hydrogens is 228 g/mol. The topological polar surface area (TPSA) is 52.0 Å². The fourth-order valence-corrected chi connectivity index (χ4v) is 1.79. The van der Waals surface area contributed by atoms with E-state index < -0.39 is 0 Å². The number of methoxy groups -OCH3 is 1. The van der Waals surface area contributed by atoms with Crippen molar-refractivity contribution in [1.29, 1.82) is 0 Å². The number of rotatable bonds is 5. The van der Waals surface area contributed by atoms with Crippen molar-refractivity contribution in [3.8, 4) is 5.75 Å². The van der Waals surface area contributed by atoms with Gasteiger partial charge in [-0.15, -0.1) is 0 Å². The lowest BCUT2D eigenvalue weighted by Crippen LogP contribution is -2.09. The maximum atomic E-state index is 5.27. The third kappa shape index (κ3) is 2.80. The summed E-state index contributed by atoms with van der Waals surface area (Å²) in [5.74, 6) is 1.83. The highest BCUT2D eigenvalue weighted by atomic mass is 16.5. The van der Waals surface area contributed by atoms with Gasteiger partial charge in [-0.3, -0.25) is 4.98 Å². The Labute approximate surface area is 107 Å². The van der Waals surface area contributed by atoms with Crippen LogP contribution in [0.1, 0.15) is 11.5 Å². The van der Waals surface area contributed by atoms with Gasteiger partial charge in [0.2, 0.25) is 0 Å². The van der Waals surface area contributed by atoms with E-state index in [-0.39, 0.29) is 0 Å². The van der Waals surface area contributed by atoms with E-state index in [2.05, 4.69) is 15.3 Å². The highest BCUT2D eigenvalue weighted by molar-refractivity contribution is 5.55. The van der Waals surface area contributed by atoms with Crippen LogP contribution in [-0.2, 0) is 13.5 Å². The van der Waals surface area contributed by atoms with E-state index in [0.717, 1.165) is 35.9 Å². The van der Waals surface area contributed by atoms with Gasteiger partial charge in [0.1, 0.15) is 5.82 Å². The first kappa shape index (κ1) is 12.4. The van der Waals surface area contributed by atoms with E-state index in [1.165, 1.54) is 0 Å². The van der Waals surface area contributed by atoms with Crippen molar-refractivity contribution in [3.63, 3.8) is 0 Å². The molecule has 2 aromatic rings. The molecular formula is C13H18N4O. The molecule has 0 bridgehead atoms. The molecule has 0 aliphatic carbocycles. The molecule has 18 heavy (non-hydrogen) atoms. The van der Waals surface area contributed by atoms with E-state index in [0.29, 0.717) is 0 Å². The lowest BCUT2D eigenvalue weighted by Gasteiger charge is -2.11. The van der Waals surface area contributed by atoms with E-state index in [9.17, 15) is 0 Å². The Morgan fingerprint density at radius 3 is 2.89 bits per heavy atom. The van der Waals surface area contributed by atoms with Gasteiger partial charge >= 0.3 is 0 Å². The molecule has 0 atom stereocenters. The lowest BCUT2D eigenvalue weighted by atomic mass is 10.3. The number of pyridine rings is 1. The molecule has 0 fully saturated rings. The summed E-state index contributed by atoms with van der Waals surface area (Å²) in [5.41, 5.74) is 1.94. The van der Waals surface area contributed by atoms with Crippen LogP contribution in [0.2, 0.25) is 0 Å². The summed E-state index contributed by atoms with van der Waals surface area (Å²) in [5, 5.41) is 3.35. The summed E-state index contributed by atoms with van der Waals surface area (Å²) in [4.78, 5) is 8.49. The van der Waals surface area contributed by atoms with Gasteiger partial charge in [-0.2, -0.15) is 0 Å². The quantitative estimate of drug-likeness (QED) is 0.873. The van der Waals surface area contributed by atoms with Crippen LogP contribution in [0.25, 0.3) is 0 Å². The Balaban J connectivity index is 1.98. The number of hydrogen-bond donors (Lipinski definition) is 1. The fourth-order valence-electron chi connectivity index (χ4n) is 1.79. The zero-order valence-corrected chi connectivity index (χ0v) is 11.0. The molecule has 2 aromatic heterocycles. The molecule has 0 aromatic carbocycles. The first-order chi connectivity index (χ1) is 8.70. The average molecular weight is 246 g/mol. The third-order valence-corrected chi connectivity index (χ3v) is 2.81. The Kier molecular flexibility index (Phi) is 3.82. The van der Waals surface area contributed by atoms with Gasteiger partial charge in [-0.05, 0) is 13.0 Å². The predicted molar refractivity (Wildman–Crippen MR) is 70.9 cm³/mol. The molecule has 0 aliphatic rings. The zero-order valence-electron chi connectivity index (χ0n) is 11.0. The number of nitrogens with zero attached hydrogens (tertiary/aromatic N) is 3. The molecule has 0 amide bonds. The van der Waals surface area contributed by atoms with Gasteiger partial charge in [0.15, 0.2) is 5.75 Å². The fraction of sp³-hybridized carbons (Fsp3) is 0.385. The number of nitrogens with one attached hydrogen (secondary N) is 1. The minimum atomic E-state index is 0.764. The summed E-state index contributed by atoms with van der Waals surface area (Å²) in [6.45, 7) is 2.77. The standard InChI is InChI=1S/C13H18N4O/c1-10-8-11(12(18-3)9-16-10)14-5-4-13-15-6-7-17(13)2/h6-9H,4-5H2,1-3H3,(H,14,16). The summed E-state index contributed by atoms with van der Waals surface area (Å²) >= 11 is 0. The third-order valence-electron chi connectivity index (χ3n) is 2.81. The smallest absolute Gasteiger partial charge is 0.160 e. The van der Waals surface area contributed by atoms with Crippen LogP contribution < -0.4 is 10.1 Å².